The summed E-state index contributed by atoms with van der Waals surface area (Å²) < 4.78 is 0. The molecule has 0 aromatic carbocycles. The third-order valence-corrected chi connectivity index (χ3v) is 1.00. The number of hydrogen-bond donors (Lipinski definition) is 2. The minimum absolute atomic E-state index is 0.210. The van der Waals surface area contributed by atoms with E-state index in [0.29, 0.717) is 6.42 Å². The van der Waals surface area contributed by atoms with Gasteiger partial charge in [-0.2, -0.15) is 10.7 Å². The van der Waals surface area contributed by atoms with E-state index >= 15 is 0 Å². The number of hydroxylamine groups is 1. The first-order valence-electron chi connectivity index (χ1n) is 3.26. The van der Waals surface area contributed by atoms with Crippen molar-refractivity contribution in [3.05, 3.63) is 0 Å². The molecule has 1 amide bonds. The van der Waals surface area contributed by atoms with Crippen LogP contribution in [-0.2, 0) is 9.63 Å². The fourth-order valence-electron chi connectivity index (χ4n) is 0.414. The first kappa shape index (κ1) is 9.88. The Kier molecular flexibility index (Phi) is 5.07. The molecule has 11 heavy (non-hydrogen) atoms. The number of rotatable bonds is 5. The maximum Gasteiger partial charge on any atom is 0.245 e. The van der Waals surface area contributed by atoms with Gasteiger partial charge in [-0.3, -0.25) is 9.63 Å². The smallest absolute Gasteiger partial charge is 0.245 e. The monoisotopic (exact) mass is 157 g/mol. The van der Waals surface area contributed by atoms with Crippen LogP contribution in [0.15, 0.2) is 0 Å². The van der Waals surface area contributed by atoms with E-state index in [-0.39, 0.29) is 12.6 Å². The molecule has 62 valence electrons. The molecule has 0 aliphatic carbocycles. The average Bonchev–Trinajstić information content (AvgIpc) is 1.98. The van der Waals surface area contributed by atoms with Gasteiger partial charge in [-0.1, -0.05) is 6.92 Å². The summed E-state index contributed by atoms with van der Waals surface area (Å²) in [5.74, 6) is -0.565. The summed E-state index contributed by atoms with van der Waals surface area (Å²) in [6.45, 7) is 1.62. The number of nitrogens with zero attached hydrogens (tertiary/aromatic N) is 1. The standard InChI is InChI=1S/C6H11N3O2/c1-2-5(3-7)9-11-4-6(8)10/h5,9H,2,4H2,1H3,(H2,8,10). The zero-order valence-electron chi connectivity index (χ0n) is 6.33. The van der Waals surface area contributed by atoms with Crippen LogP contribution < -0.4 is 11.2 Å². The first-order chi connectivity index (χ1) is 5.20. The van der Waals surface area contributed by atoms with Crippen LogP contribution in [-0.4, -0.2) is 18.6 Å². The van der Waals surface area contributed by atoms with E-state index in [4.69, 9.17) is 11.0 Å². The van der Waals surface area contributed by atoms with Gasteiger partial charge in [0.2, 0.25) is 5.91 Å². The van der Waals surface area contributed by atoms with Crippen molar-refractivity contribution in [2.45, 2.75) is 19.4 Å². The molecule has 1 unspecified atom stereocenters. The van der Waals surface area contributed by atoms with E-state index in [1.54, 1.807) is 0 Å². The lowest BCUT2D eigenvalue weighted by atomic mass is 10.3. The summed E-state index contributed by atoms with van der Waals surface area (Å²) in [5.41, 5.74) is 7.16. The molecule has 0 saturated carbocycles. The number of hydrogen-bond acceptors (Lipinski definition) is 4. The lowest BCUT2D eigenvalue weighted by Crippen LogP contribution is -2.31. The van der Waals surface area contributed by atoms with Gasteiger partial charge < -0.3 is 5.73 Å². The molecule has 0 aliphatic rings. The Morgan fingerprint density at radius 1 is 1.91 bits per heavy atom. The summed E-state index contributed by atoms with van der Waals surface area (Å²) in [5, 5.41) is 8.38. The minimum atomic E-state index is -0.565. The number of primary amides is 1. The number of carbonyl (C=O) groups is 1. The van der Waals surface area contributed by atoms with Crippen LogP contribution in [0.4, 0.5) is 0 Å². The van der Waals surface area contributed by atoms with Gasteiger partial charge in [-0.25, -0.2) is 0 Å². The van der Waals surface area contributed by atoms with Crippen LogP contribution in [0.2, 0.25) is 0 Å². The van der Waals surface area contributed by atoms with E-state index in [9.17, 15) is 4.79 Å². The van der Waals surface area contributed by atoms with Crippen molar-refractivity contribution in [3.63, 3.8) is 0 Å². The number of nitriles is 1. The van der Waals surface area contributed by atoms with Crippen LogP contribution in [0, 0.1) is 11.3 Å². The van der Waals surface area contributed by atoms with Crippen LogP contribution in [0.5, 0.6) is 0 Å². The highest BCUT2D eigenvalue weighted by molar-refractivity contribution is 5.74. The van der Waals surface area contributed by atoms with Gasteiger partial charge in [0.15, 0.2) is 0 Å². The summed E-state index contributed by atoms with van der Waals surface area (Å²) in [7, 11) is 0. The summed E-state index contributed by atoms with van der Waals surface area (Å²) in [4.78, 5) is 14.7. The fraction of sp³-hybridized carbons (Fsp3) is 0.667. The van der Waals surface area contributed by atoms with Crippen LogP contribution in [0.1, 0.15) is 13.3 Å². The second kappa shape index (κ2) is 5.65. The zero-order chi connectivity index (χ0) is 8.69. The van der Waals surface area contributed by atoms with Crippen molar-refractivity contribution in [1.82, 2.24) is 5.48 Å². The van der Waals surface area contributed by atoms with Crippen molar-refractivity contribution in [2.24, 2.45) is 5.73 Å². The van der Waals surface area contributed by atoms with Gasteiger partial charge in [-0.15, -0.1) is 0 Å². The van der Waals surface area contributed by atoms with Gasteiger partial charge in [0.1, 0.15) is 12.6 Å². The third kappa shape index (κ3) is 5.33. The molecule has 0 radical (unpaired) electrons. The highest BCUT2D eigenvalue weighted by Gasteiger charge is 2.02. The Morgan fingerprint density at radius 2 is 2.55 bits per heavy atom. The minimum Gasteiger partial charge on any atom is -0.368 e. The molecule has 0 heterocycles. The van der Waals surface area contributed by atoms with E-state index in [1.807, 2.05) is 13.0 Å². The number of nitrogens with two attached hydrogens (primary N) is 1. The predicted molar refractivity (Wildman–Crippen MR) is 38.0 cm³/mol. The molecule has 0 spiro atoms. The van der Waals surface area contributed by atoms with Gasteiger partial charge >= 0.3 is 0 Å². The summed E-state index contributed by atoms with van der Waals surface area (Å²) in [6, 6.07) is 1.56. The summed E-state index contributed by atoms with van der Waals surface area (Å²) >= 11 is 0. The Morgan fingerprint density at radius 3 is 2.91 bits per heavy atom. The van der Waals surface area contributed by atoms with Crippen molar-refractivity contribution >= 4 is 5.91 Å². The maximum absolute atomic E-state index is 10.1. The van der Waals surface area contributed by atoms with Gasteiger partial charge in [0, 0.05) is 0 Å². The molecule has 3 N–H and O–H groups in total. The topological polar surface area (TPSA) is 88.1 Å². The lowest BCUT2D eigenvalue weighted by molar-refractivity contribution is -0.125. The Balaban J connectivity index is 3.38. The van der Waals surface area contributed by atoms with Gasteiger partial charge in [0.05, 0.1) is 6.07 Å². The second-order valence-corrected chi connectivity index (χ2v) is 1.96. The molecule has 1 atom stereocenters. The zero-order valence-corrected chi connectivity index (χ0v) is 6.33. The molecule has 0 rings (SSSR count). The lowest BCUT2D eigenvalue weighted by Gasteiger charge is -2.06. The largest absolute Gasteiger partial charge is 0.368 e. The molecule has 0 aromatic rings. The summed E-state index contributed by atoms with van der Waals surface area (Å²) in [6.07, 6.45) is 0.620. The molecule has 0 saturated heterocycles. The van der Waals surface area contributed by atoms with Crippen LogP contribution in [0.3, 0.4) is 0 Å². The number of amides is 1. The van der Waals surface area contributed by atoms with E-state index in [1.165, 1.54) is 0 Å². The molecule has 0 aliphatic heterocycles. The van der Waals surface area contributed by atoms with Gasteiger partial charge in [-0.05, 0) is 6.42 Å². The Hall–Kier alpha value is -1.12. The molecule has 5 nitrogen and oxygen atoms in total. The highest BCUT2D eigenvalue weighted by atomic mass is 16.6. The quantitative estimate of drug-likeness (QED) is 0.516. The van der Waals surface area contributed by atoms with E-state index in [0.717, 1.165) is 0 Å². The number of nitrogens with one attached hydrogen (secondary N) is 1. The average molecular weight is 157 g/mol. The van der Waals surface area contributed by atoms with Gasteiger partial charge in [0.25, 0.3) is 0 Å². The normalized spacial score (nSPS) is 12.0. The second-order valence-electron chi connectivity index (χ2n) is 1.96. The van der Waals surface area contributed by atoms with E-state index in [2.05, 4.69) is 10.3 Å². The maximum atomic E-state index is 10.1. The fourth-order valence-corrected chi connectivity index (χ4v) is 0.414. The van der Waals surface area contributed by atoms with Crippen molar-refractivity contribution in [3.8, 4) is 6.07 Å². The Bertz CT molecular complexity index is 164. The molecular formula is C6H11N3O2. The third-order valence-electron chi connectivity index (χ3n) is 1.00. The number of carbonyl (C=O) groups excluding carboxylic acids is 1. The molecular weight excluding hydrogens is 146 g/mol. The molecule has 0 aromatic heterocycles. The first-order valence-corrected chi connectivity index (χ1v) is 3.26. The molecule has 5 heteroatoms. The Labute approximate surface area is 65.1 Å². The van der Waals surface area contributed by atoms with Crippen molar-refractivity contribution in [2.75, 3.05) is 6.61 Å². The SMILES string of the molecule is CCC(C#N)NOCC(N)=O. The molecule has 0 fully saturated rings. The van der Waals surface area contributed by atoms with Crippen LogP contribution >= 0.6 is 0 Å². The molecule has 0 bridgehead atoms. The van der Waals surface area contributed by atoms with Crippen molar-refractivity contribution < 1.29 is 9.63 Å². The van der Waals surface area contributed by atoms with Crippen molar-refractivity contribution in [1.29, 1.82) is 5.26 Å². The van der Waals surface area contributed by atoms with Crippen LogP contribution in [0.25, 0.3) is 0 Å². The highest BCUT2D eigenvalue weighted by Crippen LogP contribution is 1.86. The van der Waals surface area contributed by atoms with E-state index < -0.39 is 5.91 Å². The predicted octanol–water partition coefficient (Wildman–Crippen LogP) is -0.705.